The number of benzene rings is 2. The van der Waals surface area contributed by atoms with E-state index in [1.54, 1.807) is 19.1 Å². The van der Waals surface area contributed by atoms with Gasteiger partial charge in [0.15, 0.2) is 17.2 Å². The number of piperazine rings is 1. The average Bonchev–Trinajstić information content (AvgIpc) is 2.67. The Balaban J connectivity index is 1.75. The molecule has 0 aromatic heterocycles. The molecular weight excluding hydrogens is 384 g/mol. The molecule has 8 nitrogen and oxygen atoms in total. The standard InChI is InChI=1S/C19H22N2O6S/c1-12-3-4-13(2)17(9-12)28(26,27)21-7-5-20(6-8-21)19(25)14-10-15(22)18(24)16(23)11-14/h3-4,9-11,22-24H,5-8H2,1-2H3. The fourth-order valence-corrected chi connectivity index (χ4v) is 4.90. The number of hydrogen-bond donors (Lipinski definition) is 3. The molecule has 1 fully saturated rings. The van der Waals surface area contributed by atoms with Crippen molar-refractivity contribution in [1.29, 1.82) is 0 Å². The summed E-state index contributed by atoms with van der Waals surface area (Å²) >= 11 is 0. The van der Waals surface area contributed by atoms with Crippen molar-refractivity contribution in [3.05, 3.63) is 47.0 Å². The zero-order valence-electron chi connectivity index (χ0n) is 15.6. The molecule has 150 valence electrons. The highest BCUT2D eigenvalue weighted by molar-refractivity contribution is 7.89. The summed E-state index contributed by atoms with van der Waals surface area (Å²) in [6.07, 6.45) is 0. The molecule has 9 heteroatoms. The number of carbonyl (C=O) groups excluding carboxylic acids is 1. The van der Waals surface area contributed by atoms with E-state index < -0.39 is 33.2 Å². The topological polar surface area (TPSA) is 118 Å². The summed E-state index contributed by atoms with van der Waals surface area (Å²) < 4.78 is 27.3. The summed E-state index contributed by atoms with van der Waals surface area (Å²) in [6.45, 7) is 4.19. The molecule has 0 atom stereocenters. The van der Waals surface area contributed by atoms with Crippen LogP contribution in [0.5, 0.6) is 17.2 Å². The second kappa shape index (κ2) is 7.33. The summed E-state index contributed by atoms with van der Waals surface area (Å²) in [5.41, 5.74) is 1.53. The number of rotatable bonds is 3. The van der Waals surface area contributed by atoms with Crippen LogP contribution in [0, 0.1) is 13.8 Å². The van der Waals surface area contributed by atoms with Crippen LogP contribution in [0.3, 0.4) is 0 Å². The molecule has 2 aromatic carbocycles. The molecule has 28 heavy (non-hydrogen) atoms. The second-order valence-electron chi connectivity index (χ2n) is 6.83. The number of phenolic OH excluding ortho intramolecular Hbond substituents is 3. The Kier molecular flexibility index (Phi) is 5.22. The SMILES string of the molecule is Cc1ccc(C)c(S(=O)(=O)N2CCN(C(=O)c3cc(O)c(O)c(O)c3)CC2)c1. The van der Waals surface area contributed by atoms with Crippen LogP contribution < -0.4 is 0 Å². The zero-order chi connectivity index (χ0) is 20.6. The fraction of sp³-hybridized carbons (Fsp3) is 0.316. The first-order chi connectivity index (χ1) is 13.1. The molecule has 3 N–H and O–H groups in total. The number of aromatic hydroxyl groups is 3. The van der Waals surface area contributed by atoms with Crippen molar-refractivity contribution in [3.8, 4) is 17.2 Å². The second-order valence-corrected chi connectivity index (χ2v) is 8.73. The van der Waals surface area contributed by atoms with Gasteiger partial charge in [-0.3, -0.25) is 4.79 Å². The van der Waals surface area contributed by atoms with Crippen molar-refractivity contribution in [2.45, 2.75) is 18.7 Å². The van der Waals surface area contributed by atoms with E-state index in [1.165, 1.54) is 9.21 Å². The molecular formula is C19H22N2O6S. The number of sulfonamides is 1. The van der Waals surface area contributed by atoms with E-state index in [1.807, 2.05) is 13.0 Å². The van der Waals surface area contributed by atoms with Gasteiger partial charge in [0.1, 0.15) is 0 Å². The van der Waals surface area contributed by atoms with Crippen LogP contribution in [0.15, 0.2) is 35.2 Å². The maximum absolute atomic E-state index is 13.0. The lowest BCUT2D eigenvalue weighted by atomic mass is 10.1. The third kappa shape index (κ3) is 3.63. The predicted octanol–water partition coefficient (Wildman–Crippen LogP) is 1.57. The summed E-state index contributed by atoms with van der Waals surface area (Å²) in [7, 11) is -3.67. The smallest absolute Gasteiger partial charge is 0.254 e. The van der Waals surface area contributed by atoms with E-state index in [2.05, 4.69) is 0 Å². The minimum Gasteiger partial charge on any atom is -0.504 e. The van der Waals surface area contributed by atoms with Gasteiger partial charge >= 0.3 is 0 Å². The van der Waals surface area contributed by atoms with Crippen molar-refractivity contribution in [1.82, 2.24) is 9.21 Å². The minimum atomic E-state index is -3.67. The molecule has 0 unspecified atom stereocenters. The first kappa shape index (κ1) is 20.0. The summed E-state index contributed by atoms with van der Waals surface area (Å²) in [5.74, 6) is -2.35. The lowest BCUT2D eigenvalue weighted by molar-refractivity contribution is 0.0697. The monoisotopic (exact) mass is 406 g/mol. The number of aryl methyl sites for hydroxylation is 2. The number of amides is 1. The zero-order valence-corrected chi connectivity index (χ0v) is 16.4. The van der Waals surface area contributed by atoms with Crippen LogP contribution in [-0.2, 0) is 10.0 Å². The molecule has 1 saturated heterocycles. The molecule has 1 amide bonds. The lowest BCUT2D eigenvalue weighted by Crippen LogP contribution is -2.50. The molecule has 1 heterocycles. The van der Waals surface area contributed by atoms with Crippen molar-refractivity contribution >= 4 is 15.9 Å². The van der Waals surface area contributed by atoms with E-state index in [9.17, 15) is 28.5 Å². The fourth-order valence-electron chi connectivity index (χ4n) is 3.17. The van der Waals surface area contributed by atoms with E-state index in [-0.39, 0.29) is 36.6 Å². The van der Waals surface area contributed by atoms with Crippen LogP contribution in [-0.4, -0.2) is 65.0 Å². The van der Waals surface area contributed by atoms with Crippen LogP contribution in [0.1, 0.15) is 21.5 Å². The molecule has 1 aliphatic rings. The van der Waals surface area contributed by atoms with Gasteiger partial charge in [0.05, 0.1) is 4.90 Å². The van der Waals surface area contributed by atoms with E-state index in [0.717, 1.165) is 17.7 Å². The maximum atomic E-state index is 13.0. The number of carbonyl (C=O) groups is 1. The average molecular weight is 406 g/mol. The first-order valence-corrected chi connectivity index (χ1v) is 10.2. The molecule has 0 spiro atoms. The van der Waals surface area contributed by atoms with Gasteiger partial charge < -0.3 is 20.2 Å². The summed E-state index contributed by atoms with van der Waals surface area (Å²) in [4.78, 5) is 14.3. The molecule has 0 aliphatic carbocycles. The third-order valence-electron chi connectivity index (χ3n) is 4.80. The largest absolute Gasteiger partial charge is 0.504 e. The van der Waals surface area contributed by atoms with E-state index >= 15 is 0 Å². The van der Waals surface area contributed by atoms with Crippen LogP contribution >= 0.6 is 0 Å². The highest BCUT2D eigenvalue weighted by atomic mass is 32.2. The third-order valence-corrected chi connectivity index (χ3v) is 6.84. The molecule has 0 radical (unpaired) electrons. The minimum absolute atomic E-state index is 0.0126. The number of phenols is 3. The highest BCUT2D eigenvalue weighted by Gasteiger charge is 2.31. The Morgan fingerprint density at radius 1 is 0.929 bits per heavy atom. The van der Waals surface area contributed by atoms with Crippen molar-refractivity contribution in [2.75, 3.05) is 26.2 Å². The van der Waals surface area contributed by atoms with E-state index in [4.69, 9.17) is 0 Å². The Bertz CT molecular complexity index is 1000. The van der Waals surface area contributed by atoms with Crippen molar-refractivity contribution in [3.63, 3.8) is 0 Å². The van der Waals surface area contributed by atoms with Gasteiger partial charge in [0, 0.05) is 31.7 Å². The Labute approximate surface area is 163 Å². The van der Waals surface area contributed by atoms with Crippen molar-refractivity contribution in [2.24, 2.45) is 0 Å². The maximum Gasteiger partial charge on any atom is 0.254 e. The molecule has 3 rings (SSSR count). The van der Waals surface area contributed by atoms with Gasteiger partial charge in [-0.1, -0.05) is 12.1 Å². The Morgan fingerprint density at radius 3 is 2.07 bits per heavy atom. The molecule has 2 aromatic rings. The summed E-state index contributed by atoms with van der Waals surface area (Å²) in [5, 5.41) is 28.6. The van der Waals surface area contributed by atoms with Gasteiger partial charge in [0.25, 0.3) is 5.91 Å². The molecule has 0 bridgehead atoms. The highest BCUT2D eigenvalue weighted by Crippen LogP contribution is 2.35. The first-order valence-electron chi connectivity index (χ1n) is 8.73. The quantitative estimate of drug-likeness (QED) is 0.666. The lowest BCUT2D eigenvalue weighted by Gasteiger charge is -2.34. The van der Waals surface area contributed by atoms with Crippen LogP contribution in [0.4, 0.5) is 0 Å². The number of nitrogens with zero attached hydrogens (tertiary/aromatic N) is 2. The Hall–Kier alpha value is -2.78. The Morgan fingerprint density at radius 2 is 1.50 bits per heavy atom. The van der Waals surface area contributed by atoms with Gasteiger partial charge in [0.2, 0.25) is 10.0 Å². The predicted molar refractivity (Wildman–Crippen MR) is 102 cm³/mol. The van der Waals surface area contributed by atoms with Gasteiger partial charge in [-0.05, 0) is 43.2 Å². The van der Waals surface area contributed by atoms with E-state index in [0.29, 0.717) is 5.56 Å². The summed E-state index contributed by atoms with van der Waals surface area (Å²) in [6, 6.07) is 7.40. The van der Waals surface area contributed by atoms with Gasteiger partial charge in [-0.2, -0.15) is 4.31 Å². The van der Waals surface area contributed by atoms with Crippen molar-refractivity contribution < 1.29 is 28.5 Å². The van der Waals surface area contributed by atoms with Gasteiger partial charge in [-0.25, -0.2) is 8.42 Å². The molecule has 0 saturated carbocycles. The van der Waals surface area contributed by atoms with Crippen LogP contribution in [0.25, 0.3) is 0 Å². The number of hydrogen-bond acceptors (Lipinski definition) is 6. The normalized spacial score (nSPS) is 15.6. The van der Waals surface area contributed by atoms with Crippen LogP contribution in [0.2, 0.25) is 0 Å². The molecule has 1 aliphatic heterocycles. The van der Waals surface area contributed by atoms with Gasteiger partial charge in [-0.15, -0.1) is 0 Å².